The molecule has 0 aliphatic heterocycles. The summed E-state index contributed by atoms with van der Waals surface area (Å²) in [4.78, 5) is 11.8. The SMILES string of the molecule is Cc1ccc(NC(=O)COC2CCC(C)CC2)cc1N. The highest BCUT2D eigenvalue weighted by Crippen LogP contribution is 2.25. The van der Waals surface area contributed by atoms with Crippen LogP contribution in [0.5, 0.6) is 0 Å². The van der Waals surface area contributed by atoms with Gasteiger partial charge in [0.1, 0.15) is 6.61 Å². The number of nitrogen functional groups attached to an aromatic ring is 1. The molecule has 4 heteroatoms. The highest BCUT2D eigenvalue weighted by Gasteiger charge is 2.19. The van der Waals surface area contributed by atoms with E-state index < -0.39 is 0 Å². The van der Waals surface area contributed by atoms with Crippen molar-refractivity contribution < 1.29 is 9.53 Å². The number of nitrogens with two attached hydrogens (primary N) is 1. The third kappa shape index (κ3) is 4.23. The highest BCUT2D eigenvalue weighted by molar-refractivity contribution is 5.92. The average Bonchev–Trinajstić information content (AvgIpc) is 2.42. The molecule has 0 unspecified atom stereocenters. The van der Waals surface area contributed by atoms with Crippen molar-refractivity contribution in [1.29, 1.82) is 0 Å². The van der Waals surface area contributed by atoms with E-state index in [1.807, 2.05) is 19.1 Å². The van der Waals surface area contributed by atoms with E-state index in [-0.39, 0.29) is 18.6 Å². The predicted molar refractivity (Wildman–Crippen MR) is 81.6 cm³/mol. The summed E-state index contributed by atoms with van der Waals surface area (Å²) >= 11 is 0. The van der Waals surface area contributed by atoms with Gasteiger partial charge in [-0.25, -0.2) is 0 Å². The second-order valence-electron chi connectivity index (χ2n) is 5.81. The number of carbonyl (C=O) groups is 1. The van der Waals surface area contributed by atoms with Crippen LogP contribution in [0.25, 0.3) is 0 Å². The van der Waals surface area contributed by atoms with Gasteiger partial charge in [0.15, 0.2) is 0 Å². The Hall–Kier alpha value is -1.55. The van der Waals surface area contributed by atoms with Crippen molar-refractivity contribution in [2.24, 2.45) is 5.92 Å². The molecule has 1 amide bonds. The van der Waals surface area contributed by atoms with Crippen LogP contribution in [0.1, 0.15) is 38.2 Å². The lowest BCUT2D eigenvalue weighted by Crippen LogP contribution is -2.26. The zero-order valence-corrected chi connectivity index (χ0v) is 12.3. The molecule has 4 nitrogen and oxygen atoms in total. The molecular formula is C16H24N2O2. The number of hydrogen-bond donors (Lipinski definition) is 2. The number of aryl methyl sites for hydroxylation is 1. The van der Waals surface area contributed by atoms with Gasteiger partial charge in [-0.05, 0) is 56.2 Å². The van der Waals surface area contributed by atoms with E-state index >= 15 is 0 Å². The number of amides is 1. The standard InChI is InChI=1S/C16H24N2O2/c1-11-3-7-14(8-4-11)20-10-16(19)18-13-6-5-12(2)15(17)9-13/h5-6,9,11,14H,3-4,7-8,10,17H2,1-2H3,(H,18,19). The molecule has 1 aromatic carbocycles. The molecule has 0 bridgehead atoms. The van der Waals surface area contributed by atoms with Gasteiger partial charge in [0.25, 0.3) is 0 Å². The van der Waals surface area contributed by atoms with Crippen molar-refractivity contribution in [2.75, 3.05) is 17.7 Å². The van der Waals surface area contributed by atoms with Gasteiger partial charge in [0.05, 0.1) is 6.10 Å². The van der Waals surface area contributed by atoms with Crippen molar-refractivity contribution in [2.45, 2.75) is 45.6 Å². The highest BCUT2D eigenvalue weighted by atomic mass is 16.5. The summed E-state index contributed by atoms with van der Waals surface area (Å²) in [5.74, 6) is 0.672. The number of rotatable bonds is 4. The molecule has 0 radical (unpaired) electrons. The van der Waals surface area contributed by atoms with Crippen molar-refractivity contribution in [3.8, 4) is 0 Å². The summed E-state index contributed by atoms with van der Waals surface area (Å²) in [5.41, 5.74) is 8.23. The zero-order chi connectivity index (χ0) is 14.5. The first-order valence-corrected chi connectivity index (χ1v) is 7.32. The summed E-state index contributed by atoms with van der Waals surface area (Å²) in [5, 5.41) is 2.81. The van der Waals surface area contributed by atoms with E-state index in [1.165, 1.54) is 12.8 Å². The molecule has 1 fully saturated rings. The Morgan fingerprint density at radius 1 is 1.35 bits per heavy atom. The molecule has 1 saturated carbocycles. The number of ether oxygens (including phenoxy) is 1. The van der Waals surface area contributed by atoms with E-state index in [0.717, 1.165) is 30.0 Å². The number of carbonyl (C=O) groups excluding carboxylic acids is 1. The molecule has 110 valence electrons. The first-order valence-electron chi connectivity index (χ1n) is 7.32. The quantitative estimate of drug-likeness (QED) is 0.830. The van der Waals surface area contributed by atoms with E-state index in [1.54, 1.807) is 6.07 Å². The summed E-state index contributed by atoms with van der Waals surface area (Å²) in [6, 6.07) is 5.52. The summed E-state index contributed by atoms with van der Waals surface area (Å²) in [7, 11) is 0. The Morgan fingerprint density at radius 2 is 2.05 bits per heavy atom. The van der Waals surface area contributed by atoms with Gasteiger partial charge in [0, 0.05) is 11.4 Å². The minimum absolute atomic E-state index is 0.118. The van der Waals surface area contributed by atoms with Crippen LogP contribution in [0.4, 0.5) is 11.4 Å². The lowest BCUT2D eigenvalue weighted by molar-refractivity contribution is -0.123. The third-order valence-electron chi connectivity index (χ3n) is 3.98. The Balaban J connectivity index is 1.76. The molecule has 1 aromatic rings. The van der Waals surface area contributed by atoms with Gasteiger partial charge in [0.2, 0.25) is 5.91 Å². The Bertz CT molecular complexity index is 466. The molecule has 3 N–H and O–H groups in total. The Labute approximate surface area is 120 Å². The maximum Gasteiger partial charge on any atom is 0.250 e. The van der Waals surface area contributed by atoms with Crippen LogP contribution in [-0.2, 0) is 9.53 Å². The number of anilines is 2. The zero-order valence-electron chi connectivity index (χ0n) is 12.3. The van der Waals surface area contributed by atoms with Gasteiger partial charge in [-0.15, -0.1) is 0 Å². The van der Waals surface area contributed by atoms with Crippen molar-refractivity contribution in [3.05, 3.63) is 23.8 Å². The number of benzene rings is 1. The van der Waals surface area contributed by atoms with E-state index in [9.17, 15) is 4.79 Å². The average molecular weight is 276 g/mol. The lowest BCUT2D eigenvalue weighted by atomic mass is 9.89. The minimum Gasteiger partial charge on any atom is -0.398 e. The molecule has 1 aliphatic rings. The fourth-order valence-corrected chi connectivity index (χ4v) is 2.51. The smallest absolute Gasteiger partial charge is 0.250 e. The van der Waals surface area contributed by atoms with Crippen LogP contribution >= 0.6 is 0 Å². The molecule has 2 rings (SSSR count). The molecule has 0 heterocycles. The topological polar surface area (TPSA) is 64.3 Å². The van der Waals surface area contributed by atoms with Crippen LogP contribution in [0, 0.1) is 12.8 Å². The first-order chi connectivity index (χ1) is 9.54. The van der Waals surface area contributed by atoms with Crippen LogP contribution < -0.4 is 11.1 Å². The van der Waals surface area contributed by atoms with Crippen LogP contribution in [0.3, 0.4) is 0 Å². The number of hydrogen-bond acceptors (Lipinski definition) is 3. The monoisotopic (exact) mass is 276 g/mol. The third-order valence-corrected chi connectivity index (χ3v) is 3.98. The van der Waals surface area contributed by atoms with Gasteiger partial charge in [-0.2, -0.15) is 0 Å². The van der Waals surface area contributed by atoms with Gasteiger partial charge < -0.3 is 15.8 Å². The van der Waals surface area contributed by atoms with Crippen LogP contribution in [-0.4, -0.2) is 18.6 Å². The largest absolute Gasteiger partial charge is 0.398 e. The molecule has 0 spiro atoms. The maximum absolute atomic E-state index is 11.8. The van der Waals surface area contributed by atoms with Gasteiger partial charge in [-0.3, -0.25) is 4.79 Å². The molecular weight excluding hydrogens is 252 g/mol. The van der Waals surface area contributed by atoms with E-state index in [2.05, 4.69) is 12.2 Å². The summed E-state index contributed by atoms with van der Waals surface area (Å²) in [6.07, 6.45) is 4.75. The molecule has 0 atom stereocenters. The summed E-state index contributed by atoms with van der Waals surface area (Å²) < 4.78 is 5.68. The fraction of sp³-hybridized carbons (Fsp3) is 0.562. The number of nitrogens with one attached hydrogen (secondary N) is 1. The molecule has 1 aliphatic carbocycles. The Kier molecular flexibility index (Phi) is 5.01. The molecule has 0 aromatic heterocycles. The summed E-state index contributed by atoms with van der Waals surface area (Å²) in [6.45, 7) is 4.33. The fourth-order valence-electron chi connectivity index (χ4n) is 2.51. The first kappa shape index (κ1) is 14.9. The second-order valence-corrected chi connectivity index (χ2v) is 5.81. The van der Waals surface area contributed by atoms with Gasteiger partial charge >= 0.3 is 0 Å². The van der Waals surface area contributed by atoms with E-state index in [4.69, 9.17) is 10.5 Å². The predicted octanol–water partition coefficient (Wildman–Crippen LogP) is 3.11. The Morgan fingerprint density at radius 3 is 2.70 bits per heavy atom. The van der Waals surface area contributed by atoms with E-state index in [0.29, 0.717) is 5.69 Å². The molecule has 20 heavy (non-hydrogen) atoms. The second kappa shape index (κ2) is 6.75. The lowest BCUT2D eigenvalue weighted by Gasteiger charge is -2.26. The normalized spacial score (nSPS) is 22.5. The van der Waals surface area contributed by atoms with Crippen molar-refractivity contribution in [1.82, 2.24) is 0 Å². The van der Waals surface area contributed by atoms with Crippen LogP contribution in [0.15, 0.2) is 18.2 Å². The van der Waals surface area contributed by atoms with Crippen molar-refractivity contribution >= 4 is 17.3 Å². The molecule has 0 saturated heterocycles. The van der Waals surface area contributed by atoms with Crippen molar-refractivity contribution in [3.63, 3.8) is 0 Å². The van der Waals surface area contributed by atoms with Crippen LogP contribution in [0.2, 0.25) is 0 Å². The van der Waals surface area contributed by atoms with Gasteiger partial charge in [-0.1, -0.05) is 13.0 Å². The maximum atomic E-state index is 11.8. The minimum atomic E-state index is -0.119.